The van der Waals surface area contributed by atoms with Crippen LogP contribution >= 0.6 is 0 Å². The molecule has 3 N–H and O–H groups in total. The Morgan fingerprint density at radius 2 is 2.26 bits per heavy atom. The lowest BCUT2D eigenvalue weighted by Gasteiger charge is -2.23. The molecule has 1 aliphatic heterocycles. The predicted octanol–water partition coefficient (Wildman–Crippen LogP) is 1.06. The molecule has 1 aromatic rings. The van der Waals surface area contributed by atoms with Crippen molar-refractivity contribution in [2.75, 3.05) is 32.1 Å². The maximum Gasteiger partial charge on any atom is 0.172 e. The molecular weight excluding hydrogens is 247 g/mol. The summed E-state index contributed by atoms with van der Waals surface area (Å²) < 4.78 is 13.3. The van der Waals surface area contributed by atoms with Crippen LogP contribution in [0.1, 0.15) is 12.0 Å². The van der Waals surface area contributed by atoms with Crippen LogP contribution < -0.4 is 10.6 Å². The van der Waals surface area contributed by atoms with E-state index in [-0.39, 0.29) is 5.84 Å². The molecule has 1 fully saturated rings. The van der Waals surface area contributed by atoms with Crippen LogP contribution in [0.2, 0.25) is 0 Å². The van der Waals surface area contributed by atoms with Crippen molar-refractivity contribution in [3.05, 3.63) is 29.6 Å². The van der Waals surface area contributed by atoms with Gasteiger partial charge >= 0.3 is 0 Å². The van der Waals surface area contributed by atoms with E-state index in [1.165, 1.54) is 12.1 Å². The lowest BCUT2D eigenvalue weighted by atomic mass is 10.1. The van der Waals surface area contributed by atoms with E-state index in [0.29, 0.717) is 11.6 Å². The lowest BCUT2D eigenvalue weighted by molar-refractivity contribution is 0.315. The maximum absolute atomic E-state index is 13.3. The number of benzene rings is 1. The maximum atomic E-state index is 13.3. The first-order valence-electron chi connectivity index (χ1n) is 6.21. The lowest BCUT2D eigenvalue weighted by Crippen LogP contribution is -2.32. The van der Waals surface area contributed by atoms with Crippen molar-refractivity contribution in [2.45, 2.75) is 12.5 Å². The number of oxime groups is 1. The summed E-state index contributed by atoms with van der Waals surface area (Å²) in [7, 11) is 4.09. The molecular formula is C13H19FN4O. The third-order valence-electron chi connectivity index (χ3n) is 3.58. The van der Waals surface area contributed by atoms with E-state index in [0.717, 1.165) is 25.2 Å². The topological polar surface area (TPSA) is 65.1 Å². The first kappa shape index (κ1) is 13.6. The fraction of sp³-hybridized carbons (Fsp3) is 0.462. The van der Waals surface area contributed by atoms with E-state index in [9.17, 15) is 4.39 Å². The minimum atomic E-state index is -0.395. The molecule has 0 aromatic heterocycles. The van der Waals surface area contributed by atoms with Gasteiger partial charge in [0.1, 0.15) is 5.82 Å². The van der Waals surface area contributed by atoms with Crippen LogP contribution in [0.15, 0.2) is 23.4 Å². The highest BCUT2D eigenvalue weighted by Gasteiger charge is 2.26. The van der Waals surface area contributed by atoms with Crippen LogP contribution in [0.25, 0.3) is 0 Å². The van der Waals surface area contributed by atoms with Gasteiger partial charge in [-0.25, -0.2) is 4.39 Å². The molecule has 0 amide bonds. The van der Waals surface area contributed by atoms with Gasteiger partial charge in [-0.05, 0) is 38.7 Å². The van der Waals surface area contributed by atoms with Gasteiger partial charge in [-0.2, -0.15) is 0 Å². The molecule has 1 saturated heterocycles. The Labute approximate surface area is 112 Å². The molecule has 0 saturated carbocycles. The highest BCUT2D eigenvalue weighted by Crippen LogP contribution is 2.26. The summed E-state index contributed by atoms with van der Waals surface area (Å²) in [5, 5.41) is 11.8. The summed E-state index contributed by atoms with van der Waals surface area (Å²) in [6.45, 7) is 1.73. The second kappa shape index (κ2) is 5.44. The van der Waals surface area contributed by atoms with Gasteiger partial charge in [0.05, 0.1) is 0 Å². The van der Waals surface area contributed by atoms with Crippen molar-refractivity contribution in [1.29, 1.82) is 0 Å². The number of nitrogens with zero attached hydrogens (tertiary/aromatic N) is 3. The molecule has 1 atom stereocenters. The Bertz CT molecular complexity index is 490. The van der Waals surface area contributed by atoms with Crippen LogP contribution in [0.4, 0.5) is 10.1 Å². The SMILES string of the molecule is CN(C)C1CCN(c2ccc(F)cc2C(N)=NO)C1. The van der Waals surface area contributed by atoms with Gasteiger partial charge in [-0.1, -0.05) is 5.16 Å². The number of hydrogen-bond acceptors (Lipinski definition) is 4. The number of likely N-dealkylation sites (N-methyl/N-ethyl adjacent to an activating group) is 1. The molecule has 1 aromatic carbocycles. The van der Waals surface area contributed by atoms with Crippen molar-refractivity contribution in [3.8, 4) is 0 Å². The quantitative estimate of drug-likeness (QED) is 0.371. The number of rotatable bonds is 3. The van der Waals surface area contributed by atoms with Crippen LogP contribution in [0.3, 0.4) is 0 Å². The van der Waals surface area contributed by atoms with Gasteiger partial charge in [0.15, 0.2) is 5.84 Å². The highest BCUT2D eigenvalue weighted by atomic mass is 19.1. The van der Waals surface area contributed by atoms with Crippen molar-refractivity contribution in [3.63, 3.8) is 0 Å². The van der Waals surface area contributed by atoms with Crippen molar-refractivity contribution >= 4 is 11.5 Å². The van der Waals surface area contributed by atoms with E-state index >= 15 is 0 Å². The molecule has 0 bridgehead atoms. The molecule has 2 rings (SSSR count). The summed E-state index contributed by atoms with van der Waals surface area (Å²) in [5.41, 5.74) is 6.86. The van der Waals surface area contributed by atoms with E-state index < -0.39 is 5.82 Å². The van der Waals surface area contributed by atoms with Gasteiger partial charge in [0.2, 0.25) is 0 Å². The van der Waals surface area contributed by atoms with Gasteiger partial charge in [-0.3, -0.25) is 0 Å². The Hall–Kier alpha value is -1.82. The zero-order valence-corrected chi connectivity index (χ0v) is 11.2. The molecule has 104 valence electrons. The van der Waals surface area contributed by atoms with Crippen molar-refractivity contribution < 1.29 is 9.60 Å². The summed E-state index contributed by atoms with van der Waals surface area (Å²) in [4.78, 5) is 4.31. The first-order chi connectivity index (χ1) is 9.02. The van der Waals surface area contributed by atoms with E-state index in [1.807, 2.05) is 14.1 Å². The smallest absolute Gasteiger partial charge is 0.172 e. The Kier molecular flexibility index (Phi) is 3.90. The number of nitrogens with two attached hydrogens (primary N) is 1. The standard InChI is InChI=1S/C13H19FN4O/c1-17(2)10-5-6-18(8-10)12-4-3-9(14)7-11(12)13(15)16-19/h3-4,7,10,19H,5-6,8H2,1-2H3,(H2,15,16). The largest absolute Gasteiger partial charge is 0.409 e. The summed E-state index contributed by atoms with van der Waals surface area (Å²) in [6.07, 6.45) is 1.04. The van der Waals surface area contributed by atoms with E-state index in [1.54, 1.807) is 6.07 Å². The second-order valence-electron chi connectivity index (χ2n) is 5.00. The Morgan fingerprint density at radius 3 is 2.84 bits per heavy atom. The van der Waals surface area contributed by atoms with Gasteiger partial charge in [0.25, 0.3) is 0 Å². The van der Waals surface area contributed by atoms with Gasteiger partial charge in [-0.15, -0.1) is 0 Å². The highest BCUT2D eigenvalue weighted by molar-refractivity contribution is 6.02. The summed E-state index contributed by atoms with van der Waals surface area (Å²) >= 11 is 0. The predicted molar refractivity (Wildman–Crippen MR) is 73.2 cm³/mol. The Morgan fingerprint density at radius 1 is 1.53 bits per heavy atom. The molecule has 1 unspecified atom stereocenters. The number of hydrogen-bond donors (Lipinski definition) is 2. The average Bonchev–Trinajstić information content (AvgIpc) is 2.87. The van der Waals surface area contributed by atoms with Gasteiger partial charge < -0.3 is 20.7 Å². The molecule has 0 aliphatic carbocycles. The van der Waals surface area contributed by atoms with Crippen molar-refractivity contribution in [2.24, 2.45) is 10.9 Å². The molecule has 0 radical (unpaired) electrons. The second-order valence-corrected chi connectivity index (χ2v) is 5.00. The number of amidine groups is 1. The van der Waals surface area contributed by atoms with Gasteiger partial charge in [0, 0.05) is 30.4 Å². The molecule has 1 heterocycles. The van der Waals surface area contributed by atoms with Crippen LogP contribution in [0, 0.1) is 5.82 Å². The molecule has 19 heavy (non-hydrogen) atoms. The van der Waals surface area contributed by atoms with Crippen LogP contribution in [-0.2, 0) is 0 Å². The monoisotopic (exact) mass is 266 g/mol. The zero-order chi connectivity index (χ0) is 14.0. The minimum Gasteiger partial charge on any atom is -0.409 e. The molecule has 1 aliphatic rings. The molecule has 5 nitrogen and oxygen atoms in total. The van der Waals surface area contributed by atoms with Crippen LogP contribution in [-0.4, -0.2) is 49.2 Å². The summed E-state index contributed by atoms with van der Waals surface area (Å²) in [5.74, 6) is -0.462. The first-order valence-corrected chi connectivity index (χ1v) is 6.21. The van der Waals surface area contributed by atoms with Crippen molar-refractivity contribution in [1.82, 2.24) is 4.90 Å². The fourth-order valence-electron chi connectivity index (χ4n) is 2.43. The zero-order valence-electron chi connectivity index (χ0n) is 11.2. The normalized spacial score (nSPS) is 20.3. The van der Waals surface area contributed by atoms with E-state index in [4.69, 9.17) is 10.9 Å². The average molecular weight is 266 g/mol. The molecule has 6 heteroatoms. The third-order valence-corrected chi connectivity index (χ3v) is 3.58. The third kappa shape index (κ3) is 2.78. The van der Waals surface area contributed by atoms with Crippen LogP contribution in [0.5, 0.6) is 0 Å². The summed E-state index contributed by atoms with van der Waals surface area (Å²) in [6, 6.07) is 4.84. The number of anilines is 1. The molecule has 0 spiro atoms. The Balaban J connectivity index is 2.30. The minimum absolute atomic E-state index is 0.0668. The fourth-order valence-corrected chi connectivity index (χ4v) is 2.43. The number of halogens is 1. The van der Waals surface area contributed by atoms with E-state index in [2.05, 4.69) is 15.0 Å².